The summed E-state index contributed by atoms with van der Waals surface area (Å²) in [5.41, 5.74) is -0.650. The third-order valence-electron chi connectivity index (χ3n) is 4.28. The average molecular weight is 240 g/mol. The molecule has 3 atom stereocenters. The number of carbonyl (C=O) groups excluding carboxylic acids is 1. The van der Waals surface area contributed by atoms with Gasteiger partial charge in [-0.25, -0.2) is 4.79 Å². The van der Waals surface area contributed by atoms with E-state index in [1.165, 1.54) is 0 Å². The maximum absolute atomic E-state index is 11.7. The number of urea groups is 1. The second kappa shape index (κ2) is 4.14. The topological polar surface area (TPSA) is 70.6 Å². The van der Waals surface area contributed by atoms with Crippen LogP contribution < -0.4 is 10.6 Å². The first-order chi connectivity index (χ1) is 8.15. The summed E-state index contributed by atoms with van der Waals surface area (Å²) in [5, 5.41) is 15.6. The van der Waals surface area contributed by atoms with E-state index in [2.05, 4.69) is 10.6 Å². The second-order valence-electron chi connectivity index (χ2n) is 5.62. The number of nitrogens with one attached hydrogen (secondary N) is 2. The van der Waals surface area contributed by atoms with Crippen LogP contribution in [0.2, 0.25) is 0 Å². The Hall–Kier alpha value is -0.810. The molecule has 0 aromatic heterocycles. The Morgan fingerprint density at radius 3 is 2.76 bits per heavy atom. The molecule has 2 bridgehead atoms. The first-order valence-corrected chi connectivity index (χ1v) is 6.57. The zero-order valence-corrected chi connectivity index (χ0v) is 9.95. The SMILES string of the molecule is O=C(NCC1(O)CCC1)NC1CC2CCC1O2. The number of hydrogen-bond acceptors (Lipinski definition) is 3. The summed E-state index contributed by atoms with van der Waals surface area (Å²) in [6.45, 7) is 0.362. The predicted octanol–water partition coefficient (Wildman–Crippen LogP) is 0.520. The summed E-state index contributed by atoms with van der Waals surface area (Å²) in [5.74, 6) is 0. The molecule has 1 aliphatic carbocycles. The zero-order chi connectivity index (χ0) is 11.9. The molecule has 5 heteroatoms. The van der Waals surface area contributed by atoms with E-state index >= 15 is 0 Å². The Balaban J connectivity index is 1.41. The van der Waals surface area contributed by atoms with Crippen LogP contribution in [-0.4, -0.2) is 41.5 Å². The van der Waals surface area contributed by atoms with Crippen LogP contribution in [0, 0.1) is 0 Å². The van der Waals surface area contributed by atoms with Gasteiger partial charge in [-0.05, 0) is 38.5 Å². The molecular formula is C12H20N2O3. The monoisotopic (exact) mass is 240 g/mol. The van der Waals surface area contributed by atoms with Crippen LogP contribution in [0.5, 0.6) is 0 Å². The highest BCUT2D eigenvalue weighted by Gasteiger charge is 2.41. The molecule has 0 aromatic rings. The molecular weight excluding hydrogens is 220 g/mol. The fourth-order valence-electron chi connectivity index (χ4n) is 3.02. The van der Waals surface area contributed by atoms with E-state index in [9.17, 15) is 9.90 Å². The van der Waals surface area contributed by atoms with Crippen molar-refractivity contribution in [3.8, 4) is 0 Å². The van der Waals surface area contributed by atoms with Gasteiger partial charge in [-0.1, -0.05) is 0 Å². The van der Waals surface area contributed by atoms with Crippen molar-refractivity contribution in [2.75, 3.05) is 6.54 Å². The molecule has 2 heterocycles. The van der Waals surface area contributed by atoms with Crippen LogP contribution in [0.25, 0.3) is 0 Å². The number of carbonyl (C=O) groups is 1. The van der Waals surface area contributed by atoms with E-state index in [0.29, 0.717) is 12.6 Å². The highest BCUT2D eigenvalue weighted by Crippen LogP contribution is 2.34. The molecule has 3 unspecified atom stereocenters. The van der Waals surface area contributed by atoms with E-state index < -0.39 is 5.60 Å². The van der Waals surface area contributed by atoms with E-state index in [4.69, 9.17) is 4.74 Å². The van der Waals surface area contributed by atoms with Crippen molar-refractivity contribution in [2.45, 2.75) is 62.4 Å². The summed E-state index contributed by atoms with van der Waals surface area (Å²) in [7, 11) is 0. The van der Waals surface area contributed by atoms with Crippen molar-refractivity contribution in [1.29, 1.82) is 0 Å². The molecule has 3 N–H and O–H groups in total. The molecule has 1 saturated carbocycles. The number of amides is 2. The summed E-state index contributed by atoms with van der Waals surface area (Å²) in [6, 6.07) is -0.0174. The highest BCUT2D eigenvalue weighted by atomic mass is 16.5. The van der Waals surface area contributed by atoms with Crippen LogP contribution >= 0.6 is 0 Å². The summed E-state index contributed by atoms with van der Waals surface area (Å²) in [4.78, 5) is 11.7. The molecule has 3 rings (SSSR count). The molecule has 3 fully saturated rings. The van der Waals surface area contributed by atoms with Crippen LogP contribution in [0.3, 0.4) is 0 Å². The smallest absolute Gasteiger partial charge is 0.315 e. The van der Waals surface area contributed by atoms with Gasteiger partial charge in [0.2, 0.25) is 0 Å². The minimum absolute atomic E-state index is 0.157. The number of ether oxygens (including phenoxy) is 1. The Kier molecular flexibility index (Phi) is 2.75. The van der Waals surface area contributed by atoms with E-state index in [0.717, 1.165) is 38.5 Å². The normalized spacial score (nSPS) is 37.6. The molecule has 5 nitrogen and oxygen atoms in total. The maximum atomic E-state index is 11.7. The van der Waals surface area contributed by atoms with Crippen molar-refractivity contribution in [3.63, 3.8) is 0 Å². The van der Waals surface area contributed by atoms with Gasteiger partial charge in [0.1, 0.15) is 0 Å². The lowest BCUT2D eigenvalue weighted by molar-refractivity contribution is -0.0290. The first kappa shape index (κ1) is 11.3. The van der Waals surface area contributed by atoms with Gasteiger partial charge in [0.05, 0.1) is 23.9 Å². The zero-order valence-electron chi connectivity index (χ0n) is 9.95. The van der Waals surface area contributed by atoms with Crippen LogP contribution in [-0.2, 0) is 4.74 Å². The Bertz CT molecular complexity index is 317. The van der Waals surface area contributed by atoms with E-state index in [-0.39, 0.29) is 18.2 Å². The van der Waals surface area contributed by atoms with Crippen LogP contribution in [0.15, 0.2) is 0 Å². The molecule has 0 aromatic carbocycles. The van der Waals surface area contributed by atoms with Crippen LogP contribution in [0.4, 0.5) is 4.79 Å². The van der Waals surface area contributed by atoms with Crippen molar-refractivity contribution >= 4 is 6.03 Å². The number of fused-ring (bicyclic) bond motifs is 2. The minimum atomic E-state index is -0.650. The van der Waals surface area contributed by atoms with E-state index in [1.807, 2.05) is 0 Å². The van der Waals surface area contributed by atoms with Crippen molar-refractivity contribution in [1.82, 2.24) is 10.6 Å². The lowest BCUT2D eigenvalue weighted by Crippen LogP contribution is -2.52. The quantitative estimate of drug-likeness (QED) is 0.673. The third kappa shape index (κ3) is 2.26. The van der Waals surface area contributed by atoms with Gasteiger partial charge in [-0.2, -0.15) is 0 Å². The molecule has 2 amide bonds. The van der Waals surface area contributed by atoms with Crippen molar-refractivity contribution in [2.24, 2.45) is 0 Å². The van der Waals surface area contributed by atoms with Crippen molar-refractivity contribution in [3.05, 3.63) is 0 Å². The Morgan fingerprint density at radius 2 is 2.24 bits per heavy atom. The fourth-order valence-corrected chi connectivity index (χ4v) is 3.02. The third-order valence-corrected chi connectivity index (χ3v) is 4.28. The van der Waals surface area contributed by atoms with Crippen LogP contribution in [0.1, 0.15) is 38.5 Å². The lowest BCUT2D eigenvalue weighted by atomic mass is 9.80. The average Bonchev–Trinajstić information content (AvgIpc) is 2.85. The minimum Gasteiger partial charge on any atom is -0.388 e. The summed E-state index contributed by atoms with van der Waals surface area (Å²) in [6.07, 6.45) is 6.32. The van der Waals surface area contributed by atoms with Crippen molar-refractivity contribution < 1.29 is 14.6 Å². The number of aliphatic hydroxyl groups is 1. The molecule has 2 aliphatic heterocycles. The molecule has 96 valence electrons. The van der Waals surface area contributed by atoms with Gasteiger partial charge in [0.15, 0.2) is 0 Å². The highest BCUT2D eigenvalue weighted by molar-refractivity contribution is 5.74. The maximum Gasteiger partial charge on any atom is 0.315 e. The number of rotatable bonds is 3. The summed E-state index contributed by atoms with van der Waals surface area (Å²) >= 11 is 0. The van der Waals surface area contributed by atoms with Gasteiger partial charge in [-0.15, -0.1) is 0 Å². The second-order valence-corrected chi connectivity index (χ2v) is 5.62. The Labute approximate surface area is 101 Å². The van der Waals surface area contributed by atoms with Gasteiger partial charge in [0.25, 0.3) is 0 Å². The summed E-state index contributed by atoms with van der Waals surface area (Å²) < 4.78 is 5.67. The predicted molar refractivity (Wildman–Crippen MR) is 61.6 cm³/mol. The number of hydrogen-bond donors (Lipinski definition) is 3. The van der Waals surface area contributed by atoms with Gasteiger partial charge < -0.3 is 20.5 Å². The standard InChI is InChI=1S/C12H20N2O3/c15-11(13-7-12(16)4-1-5-12)14-9-6-8-2-3-10(9)17-8/h8-10,16H,1-7H2,(H2,13,14,15). The van der Waals surface area contributed by atoms with Gasteiger partial charge in [0, 0.05) is 6.54 Å². The fraction of sp³-hybridized carbons (Fsp3) is 0.917. The Morgan fingerprint density at radius 1 is 1.41 bits per heavy atom. The van der Waals surface area contributed by atoms with Gasteiger partial charge in [-0.3, -0.25) is 0 Å². The van der Waals surface area contributed by atoms with E-state index in [1.54, 1.807) is 0 Å². The lowest BCUT2D eigenvalue weighted by Gasteiger charge is -2.36. The van der Waals surface area contributed by atoms with Gasteiger partial charge >= 0.3 is 6.03 Å². The first-order valence-electron chi connectivity index (χ1n) is 6.57. The molecule has 17 heavy (non-hydrogen) atoms. The molecule has 2 saturated heterocycles. The molecule has 3 aliphatic rings. The molecule has 0 radical (unpaired) electrons. The largest absolute Gasteiger partial charge is 0.388 e. The molecule has 0 spiro atoms.